The SMILES string of the molecule is Cc1ccccc1CCN=C(N)NC1CCCCCC1. The molecule has 1 saturated carbocycles. The molecule has 3 N–H and O–H groups in total. The summed E-state index contributed by atoms with van der Waals surface area (Å²) < 4.78 is 0. The van der Waals surface area contributed by atoms with Crippen LogP contribution in [0.3, 0.4) is 0 Å². The van der Waals surface area contributed by atoms with Crippen molar-refractivity contribution in [2.75, 3.05) is 6.54 Å². The van der Waals surface area contributed by atoms with Gasteiger partial charge in [-0.3, -0.25) is 4.99 Å². The lowest BCUT2D eigenvalue weighted by molar-refractivity contribution is 0.530. The van der Waals surface area contributed by atoms with Crippen molar-refractivity contribution in [1.29, 1.82) is 0 Å². The molecular weight excluding hydrogens is 246 g/mol. The van der Waals surface area contributed by atoms with Crippen LogP contribution >= 0.6 is 0 Å². The van der Waals surface area contributed by atoms with Crippen molar-refractivity contribution >= 4 is 5.96 Å². The first-order valence-corrected chi connectivity index (χ1v) is 7.86. The summed E-state index contributed by atoms with van der Waals surface area (Å²) >= 11 is 0. The van der Waals surface area contributed by atoms with Crippen LogP contribution < -0.4 is 11.1 Å². The summed E-state index contributed by atoms with van der Waals surface area (Å²) in [6.45, 7) is 2.91. The third kappa shape index (κ3) is 4.87. The van der Waals surface area contributed by atoms with Gasteiger partial charge in [-0.1, -0.05) is 49.9 Å². The van der Waals surface area contributed by atoms with Gasteiger partial charge < -0.3 is 11.1 Å². The first-order valence-electron chi connectivity index (χ1n) is 7.86. The van der Waals surface area contributed by atoms with Gasteiger partial charge in [0.05, 0.1) is 0 Å². The highest BCUT2D eigenvalue weighted by atomic mass is 15.1. The van der Waals surface area contributed by atoms with Gasteiger partial charge in [0.2, 0.25) is 0 Å². The smallest absolute Gasteiger partial charge is 0.188 e. The van der Waals surface area contributed by atoms with Gasteiger partial charge in [-0.15, -0.1) is 0 Å². The number of guanidine groups is 1. The van der Waals surface area contributed by atoms with Crippen LogP contribution in [-0.4, -0.2) is 18.5 Å². The summed E-state index contributed by atoms with van der Waals surface area (Å²) in [6.07, 6.45) is 8.77. The number of aliphatic imine (C=N–C) groups is 1. The molecule has 0 aliphatic heterocycles. The maximum absolute atomic E-state index is 6.00. The Bertz CT molecular complexity index is 432. The van der Waals surface area contributed by atoms with Crippen LogP contribution in [0.1, 0.15) is 49.7 Å². The molecule has 1 fully saturated rings. The van der Waals surface area contributed by atoms with Gasteiger partial charge >= 0.3 is 0 Å². The molecule has 0 atom stereocenters. The molecule has 1 aromatic carbocycles. The van der Waals surface area contributed by atoms with Gasteiger partial charge in [0, 0.05) is 12.6 Å². The van der Waals surface area contributed by atoms with E-state index >= 15 is 0 Å². The number of benzene rings is 1. The van der Waals surface area contributed by atoms with E-state index in [1.165, 1.54) is 49.7 Å². The van der Waals surface area contributed by atoms with E-state index in [1.54, 1.807) is 0 Å². The molecule has 0 unspecified atom stereocenters. The molecule has 20 heavy (non-hydrogen) atoms. The molecule has 0 aromatic heterocycles. The summed E-state index contributed by atoms with van der Waals surface area (Å²) in [5, 5.41) is 3.39. The summed E-state index contributed by atoms with van der Waals surface area (Å²) in [5.41, 5.74) is 8.69. The first-order chi connectivity index (χ1) is 9.75. The summed E-state index contributed by atoms with van der Waals surface area (Å²) in [5.74, 6) is 0.616. The predicted molar refractivity (Wildman–Crippen MR) is 86.0 cm³/mol. The van der Waals surface area contributed by atoms with Crippen molar-refractivity contribution in [2.24, 2.45) is 10.7 Å². The second-order valence-corrected chi connectivity index (χ2v) is 5.78. The quantitative estimate of drug-likeness (QED) is 0.503. The van der Waals surface area contributed by atoms with Crippen LogP contribution in [0.4, 0.5) is 0 Å². The van der Waals surface area contributed by atoms with Gasteiger partial charge in [0.1, 0.15) is 0 Å². The third-order valence-electron chi connectivity index (χ3n) is 4.13. The molecule has 110 valence electrons. The summed E-state index contributed by atoms with van der Waals surface area (Å²) in [7, 11) is 0. The highest BCUT2D eigenvalue weighted by molar-refractivity contribution is 5.78. The van der Waals surface area contributed by atoms with Crippen LogP contribution in [-0.2, 0) is 6.42 Å². The number of nitrogens with zero attached hydrogens (tertiary/aromatic N) is 1. The molecule has 2 rings (SSSR count). The molecular formula is C17H27N3. The minimum atomic E-state index is 0.528. The molecule has 1 aliphatic carbocycles. The zero-order valence-electron chi connectivity index (χ0n) is 12.6. The van der Waals surface area contributed by atoms with Crippen molar-refractivity contribution in [3.05, 3.63) is 35.4 Å². The molecule has 0 bridgehead atoms. The second kappa shape index (κ2) is 7.93. The molecule has 0 heterocycles. The standard InChI is InChI=1S/C17H27N3/c1-14-8-6-7-9-15(14)12-13-19-17(18)20-16-10-4-2-3-5-11-16/h6-9,16H,2-5,10-13H2,1H3,(H3,18,19,20). The number of nitrogens with two attached hydrogens (primary N) is 1. The average Bonchev–Trinajstić information content (AvgIpc) is 2.69. The van der Waals surface area contributed by atoms with Crippen molar-refractivity contribution in [2.45, 2.75) is 57.9 Å². The van der Waals surface area contributed by atoms with Gasteiger partial charge in [-0.05, 0) is 37.3 Å². The number of rotatable bonds is 4. The summed E-state index contributed by atoms with van der Waals surface area (Å²) in [6, 6.07) is 8.99. The number of hydrogen-bond donors (Lipinski definition) is 2. The van der Waals surface area contributed by atoms with Crippen molar-refractivity contribution in [3.63, 3.8) is 0 Å². The monoisotopic (exact) mass is 273 g/mol. The number of aryl methyl sites for hydroxylation is 1. The van der Waals surface area contributed by atoms with Gasteiger partial charge in [-0.25, -0.2) is 0 Å². The van der Waals surface area contributed by atoms with Crippen LogP contribution in [0.5, 0.6) is 0 Å². The lowest BCUT2D eigenvalue weighted by Gasteiger charge is -2.16. The Morgan fingerprint density at radius 2 is 1.90 bits per heavy atom. The predicted octanol–water partition coefficient (Wildman–Crippen LogP) is 3.16. The molecule has 1 aliphatic rings. The van der Waals surface area contributed by atoms with Crippen LogP contribution in [0, 0.1) is 6.92 Å². The van der Waals surface area contributed by atoms with Crippen LogP contribution in [0.15, 0.2) is 29.3 Å². The second-order valence-electron chi connectivity index (χ2n) is 5.78. The van der Waals surface area contributed by atoms with Crippen LogP contribution in [0.25, 0.3) is 0 Å². The maximum atomic E-state index is 6.00. The minimum absolute atomic E-state index is 0.528. The molecule has 0 spiro atoms. The van der Waals surface area contributed by atoms with E-state index < -0.39 is 0 Å². The molecule has 0 saturated heterocycles. The van der Waals surface area contributed by atoms with E-state index in [-0.39, 0.29) is 0 Å². The molecule has 3 nitrogen and oxygen atoms in total. The fourth-order valence-corrected chi connectivity index (χ4v) is 2.87. The molecule has 0 radical (unpaired) electrons. The maximum Gasteiger partial charge on any atom is 0.188 e. The lowest BCUT2D eigenvalue weighted by atomic mass is 10.1. The Morgan fingerprint density at radius 1 is 1.20 bits per heavy atom. The number of hydrogen-bond acceptors (Lipinski definition) is 1. The fraction of sp³-hybridized carbons (Fsp3) is 0.588. The zero-order chi connectivity index (χ0) is 14.2. The van der Waals surface area contributed by atoms with E-state index in [0.717, 1.165) is 13.0 Å². The van der Waals surface area contributed by atoms with Gasteiger partial charge in [0.25, 0.3) is 0 Å². The lowest BCUT2D eigenvalue weighted by Crippen LogP contribution is -2.40. The van der Waals surface area contributed by atoms with E-state index in [9.17, 15) is 0 Å². The Balaban J connectivity index is 1.77. The normalized spacial score (nSPS) is 17.8. The Morgan fingerprint density at radius 3 is 2.60 bits per heavy atom. The van der Waals surface area contributed by atoms with Crippen molar-refractivity contribution in [3.8, 4) is 0 Å². The third-order valence-corrected chi connectivity index (χ3v) is 4.13. The molecule has 0 amide bonds. The summed E-state index contributed by atoms with van der Waals surface area (Å²) in [4.78, 5) is 4.47. The minimum Gasteiger partial charge on any atom is -0.370 e. The van der Waals surface area contributed by atoms with E-state index in [2.05, 4.69) is 41.5 Å². The van der Waals surface area contributed by atoms with E-state index in [0.29, 0.717) is 12.0 Å². The van der Waals surface area contributed by atoms with Crippen molar-refractivity contribution in [1.82, 2.24) is 5.32 Å². The Hall–Kier alpha value is -1.51. The Kier molecular flexibility index (Phi) is 5.90. The van der Waals surface area contributed by atoms with E-state index in [1.807, 2.05) is 0 Å². The highest BCUT2D eigenvalue weighted by Gasteiger charge is 2.12. The zero-order valence-corrected chi connectivity index (χ0v) is 12.6. The Labute approximate surface area is 122 Å². The van der Waals surface area contributed by atoms with Crippen LogP contribution in [0.2, 0.25) is 0 Å². The van der Waals surface area contributed by atoms with Gasteiger partial charge in [-0.2, -0.15) is 0 Å². The fourth-order valence-electron chi connectivity index (χ4n) is 2.87. The highest BCUT2D eigenvalue weighted by Crippen LogP contribution is 2.16. The van der Waals surface area contributed by atoms with Gasteiger partial charge in [0.15, 0.2) is 5.96 Å². The topological polar surface area (TPSA) is 50.4 Å². The molecule has 1 aromatic rings. The molecule has 3 heteroatoms. The average molecular weight is 273 g/mol. The number of nitrogens with one attached hydrogen (secondary N) is 1. The largest absolute Gasteiger partial charge is 0.370 e. The first kappa shape index (κ1) is 14.9. The van der Waals surface area contributed by atoms with E-state index in [4.69, 9.17) is 5.73 Å². The van der Waals surface area contributed by atoms with Crippen molar-refractivity contribution < 1.29 is 0 Å².